The Morgan fingerprint density at radius 1 is 1.35 bits per heavy atom. The third-order valence-corrected chi connectivity index (χ3v) is 4.35. The number of carboxylic acid groups (broad SMARTS) is 1. The second-order valence-corrected chi connectivity index (χ2v) is 5.48. The van der Waals surface area contributed by atoms with Crippen LogP contribution in [0.2, 0.25) is 0 Å². The highest BCUT2D eigenvalue weighted by molar-refractivity contribution is 7.17. The molecular formula is C14H13NO4S. The van der Waals surface area contributed by atoms with Crippen LogP contribution in [-0.4, -0.2) is 47.7 Å². The van der Waals surface area contributed by atoms with Gasteiger partial charge < -0.3 is 14.7 Å². The predicted molar refractivity (Wildman–Crippen MR) is 75.1 cm³/mol. The fourth-order valence-electron chi connectivity index (χ4n) is 2.35. The molecule has 0 bridgehead atoms. The number of thiophene rings is 1. The lowest BCUT2D eigenvalue weighted by atomic mass is 10.1. The van der Waals surface area contributed by atoms with Crippen molar-refractivity contribution < 1.29 is 19.4 Å². The van der Waals surface area contributed by atoms with Crippen LogP contribution in [0.1, 0.15) is 10.4 Å². The lowest BCUT2D eigenvalue weighted by Gasteiger charge is -2.32. The van der Waals surface area contributed by atoms with Crippen molar-refractivity contribution in [2.45, 2.75) is 6.04 Å². The predicted octanol–water partition coefficient (Wildman–Crippen LogP) is 1.83. The number of aliphatic carboxylic acids is 1. The van der Waals surface area contributed by atoms with E-state index in [2.05, 4.69) is 0 Å². The standard InChI is InChI=1S/C14H13NO4S/c16-13(15-5-6-19-7-11(15)14(17)18)10-8-20-12-4-2-1-3-9(10)12/h1-4,8,11H,5-7H2,(H,17,18)/t11-/m1/s1. The molecule has 1 atom stereocenters. The zero-order valence-corrected chi connectivity index (χ0v) is 11.4. The average Bonchev–Trinajstić information content (AvgIpc) is 2.90. The van der Waals surface area contributed by atoms with Gasteiger partial charge in [0.2, 0.25) is 0 Å². The molecule has 0 spiro atoms. The zero-order chi connectivity index (χ0) is 14.1. The van der Waals surface area contributed by atoms with Gasteiger partial charge in [0.15, 0.2) is 6.04 Å². The van der Waals surface area contributed by atoms with Crippen molar-refractivity contribution in [3.05, 3.63) is 35.2 Å². The molecule has 104 valence electrons. The first-order valence-electron chi connectivity index (χ1n) is 6.26. The summed E-state index contributed by atoms with van der Waals surface area (Å²) in [6.45, 7) is 0.723. The smallest absolute Gasteiger partial charge is 0.328 e. The maximum atomic E-state index is 12.6. The van der Waals surface area contributed by atoms with Gasteiger partial charge in [0.25, 0.3) is 5.91 Å². The highest BCUT2D eigenvalue weighted by Crippen LogP contribution is 2.27. The fraction of sp³-hybridized carbons (Fsp3) is 0.286. The van der Waals surface area contributed by atoms with Gasteiger partial charge in [-0.1, -0.05) is 18.2 Å². The molecule has 20 heavy (non-hydrogen) atoms. The van der Waals surface area contributed by atoms with Crippen LogP contribution in [0.25, 0.3) is 10.1 Å². The summed E-state index contributed by atoms with van der Waals surface area (Å²) < 4.78 is 6.18. The molecule has 0 aliphatic carbocycles. The van der Waals surface area contributed by atoms with Crippen LogP contribution in [0.4, 0.5) is 0 Å². The Morgan fingerprint density at radius 2 is 2.15 bits per heavy atom. The van der Waals surface area contributed by atoms with Crippen LogP contribution < -0.4 is 0 Å². The molecule has 0 radical (unpaired) electrons. The van der Waals surface area contributed by atoms with E-state index in [0.29, 0.717) is 18.7 Å². The number of ether oxygens (including phenoxy) is 1. The molecule has 2 aromatic rings. The lowest BCUT2D eigenvalue weighted by molar-refractivity contribution is -0.147. The van der Waals surface area contributed by atoms with Crippen molar-refractivity contribution in [2.75, 3.05) is 19.8 Å². The van der Waals surface area contributed by atoms with Gasteiger partial charge in [0, 0.05) is 22.0 Å². The van der Waals surface area contributed by atoms with E-state index in [9.17, 15) is 14.7 Å². The Bertz CT molecular complexity index is 666. The summed E-state index contributed by atoms with van der Waals surface area (Å²) in [7, 11) is 0. The Balaban J connectivity index is 1.96. The van der Waals surface area contributed by atoms with Crippen LogP contribution in [0.5, 0.6) is 0 Å². The molecule has 3 rings (SSSR count). The van der Waals surface area contributed by atoms with Gasteiger partial charge in [0.05, 0.1) is 18.8 Å². The van der Waals surface area contributed by atoms with E-state index in [1.54, 1.807) is 5.38 Å². The number of carbonyl (C=O) groups is 2. The van der Waals surface area contributed by atoms with E-state index in [1.807, 2.05) is 24.3 Å². The largest absolute Gasteiger partial charge is 0.480 e. The minimum atomic E-state index is -1.03. The van der Waals surface area contributed by atoms with Gasteiger partial charge >= 0.3 is 5.97 Å². The highest BCUT2D eigenvalue weighted by atomic mass is 32.1. The molecule has 5 nitrogen and oxygen atoms in total. The van der Waals surface area contributed by atoms with Crippen molar-refractivity contribution in [3.63, 3.8) is 0 Å². The van der Waals surface area contributed by atoms with Crippen molar-refractivity contribution in [3.8, 4) is 0 Å². The molecule has 1 aliphatic rings. The third kappa shape index (κ3) is 2.17. The second kappa shape index (κ2) is 5.22. The number of hydrogen-bond donors (Lipinski definition) is 1. The monoisotopic (exact) mass is 291 g/mol. The third-order valence-electron chi connectivity index (χ3n) is 3.39. The topological polar surface area (TPSA) is 66.8 Å². The molecule has 6 heteroatoms. The van der Waals surface area contributed by atoms with Gasteiger partial charge in [-0.15, -0.1) is 11.3 Å². The Morgan fingerprint density at radius 3 is 2.95 bits per heavy atom. The quantitative estimate of drug-likeness (QED) is 0.916. The summed E-state index contributed by atoms with van der Waals surface area (Å²) in [5.74, 6) is -1.27. The summed E-state index contributed by atoms with van der Waals surface area (Å²) in [6.07, 6.45) is 0. The molecule has 0 unspecified atom stereocenters. The maximum absolute atomic E-state index is 12.6. The number of rotatable bonds is 2. The molecule has 0 saturated carbocycles. The minimum absolute atomic E-state index is 0.0448. The summed E-state index contributed by atoms with van der Waals surface area (Å²) in [4.78, 5) is 25.2. The molecule has 1 saturated heterocycles. The van der Waals surface area contributed by atoms with Crippen molar-refractivity contribution >= 4 is 33.3 Å². The summed E-state index contributed by atoms with van der Waals surface area (Å²) in [5.41, 5.74) is 0.568. The van der Waals surface area contributed by atoms with E-state index in [0.717, 1.165) is 10.1 Å². The molecule has 1 aromatic heterocycles. The molecule has 1 aromatic carbocycles. The minimum Gasteiger partial charge on any atom is -0.480 e. The molecular weight excluding hydrogens is 278 g/mol. The molecule has 1 N–H and O–H groups in total. The summed E-state index contributed by atoms with van der Waals surface area (Å²) in [5, 5.41) is 11.9. The Kier molecular flexibility index (Phi) is 3.42. The van der Waals surface area contributed by atoms with Crippen LogP contribution in [-0.2, 0) is 9.53 Å². The van der Waals surface area contributed by atoms with Crippen molar-refractivity contribution in [1.29, 1.82) is 0 Å². The number of benzene rings is 1. The zero-order valence-electron chi connectivity index (χ0n) is 10.6. The lowest BCUT2D eigenvalue weighted by Crippen LogP contribution is -2.52. The Labute approximate surface area is 119 Å². The molecule has 1 fully saturated rings. The fourth-order valence-corrected chi connectivity index (χ4v) is 3.28. The average molecular weight is 291 g/mol. The van der Waals surface area contributed by atoms with Crippen LogP contribution in [0, 0.1) is 0 Å². The number of amides is 1. The first-order valence-corrected chi connectivity index (χ1v) is 7.14. The van der Waals surface area contributed by atoms with Gasteiger partial charge in [-0.25, -0.2) is 4.79 Å². The van der Waals surface area contributed by atoms with Crippen LogP contribution in [0.3, 0.4) is 0 Å². The number of fused-ring (bicyclic) bond motifs is 1. The first-order chi connectivity index (χ1) is 9.68. The van der Waals surface area contributed by atoms with Crippen LogP contribution in [0.15, 0.2) is 29.6 Å². The van der Waals surface area contributed by atoms with E-state index in [4.69, 9.17) is 4.74 Å². The second-order valence-electron chi connectivity index (χ2n) is 4.57. The number of morpholine rings is 1. The molecule has 2 heterocycles. The van der Waals surface area contributed by atoms with E-state index in [1.165, 1.54) is 16.2 Å². The number of carboxylic acids is 1. The normalized spacial score (nSPS) is 19.2. The van der Waals surface area contributed by atoms with Gasteiger partial charge in [0.1, 0.15) is 0 Å². The van der Waals surface area contributed by atoms with E-state index in [-0.39, 0.29) is 12.5 Å². The number of nitrogens with zero attached hydrogens (tertiary/aromatic N) is 1. The molecule has 1 aliphatic heterocycles. The van der Waals surface area contributed by atoms with E-state index >= 15 is 0 Å². The number of carbonyl (C=O) groups excluding carboxylic acids is 1. The summed E-state index contributed by atoms with van der Waals surface area (Å²) in [6, 6.07) is 6.72. The molecule has 1 amide bonds. The van der Waals surface area contributed by atoms with Crippen molar-refractivity contribution in [1.82, 2.24) is 4.90 Å². The van der Waals surface area contributed by atoms with Gasteiger partial charge in [-0.3, -0.25) is 4.79 Å². The SMILES string of the molecule is O=C(O)[C@H]1COCCN1C(=O)c1csc2ccccc12. The summed E-state index contributed by atoms with van der Waals surface area (Å²) >= 11 is 1.49. The highest BCUT2D eigenvalue weighted by Gasteiger charge is 2.34. The van der Waals surface area contributed by atoms with Crippen LogP contribution >= 0.6 is 11.3 Å². The maximum Gasteiger partial charge on any atom is 0.328 e. The number of hydrogen-bond acceptors (Lipinski definition) is 4. The Hall–Kier alpha value is -1.92. The van der Waals surface area contributed by atoms with Gasteiger partial charge in [-0.2, -0.15) is 0 Å². The van der Waals surface area contributed by atoms with E-state index < -0.39 is 12.0 Å². The first kappa shape index (κ1) is 13.1. The van der Waals surface area contributed by atoms with Gasteiger partial charge in [-0.05, 0) is 6.07 Å². The van der Waals surface area contributed by atoms with Crippen molar-refractivity contribution in [2.24, 2.45) is 0 Å².